The predicted molar refractivity (Wildman–Crippen MR) is 53.8 cm³/mol. The second-order valence-electron chi connectivity index (χ2n) is 4.08. The molecule has 0 radical (unpaired) electrons. The van der Waals surface area contributed by atoms with Crippen LogP contribution in [0.2, 0.25) is 0 Å². The zero-order chi connectivity index (χ0) is 10.5. The minimum Gasteiger partial charge on any atom is -0.481 e. The summed E-state index contributed by atoms with van der Waals surface area (Å²) >= 11 is 0. The Hall–Kier alpha value is -0.570. The third-order valence-corrected chi connectivity index (χ3v) is 2.40. The Labute approximate surface area is 80.5 Å². The maximum absolute atomic E-state index is 10.8. The van der Waals surface area contributed by atoms with Gasteiger partial charge in [0.15, 0.2) is 0 Å². The van der Waals surface area contributed by atoms with Crippen molar-refractivity contribution < 1.29 is 9.90 Å². The highest BCUT2D eigenvalue weighted by Gasteiger charge is 2.27. The molecule has 0 amide bonds. The molecule has 0 heterocycles. The number of carboxylic acid groups (broad SMARTS) is 1. The van der Waals surface area contributed by atoms with Crippen LogP contribution in [0.5, 0.6) is 0 Å². The van der Waals surface area contributed by atoms with Crippen molar-refractivity contribution in [2.45, 2.75) is 46.6 Å². The molecule has 0 spiro atoms. The number of hydrogen-bond acceptors (Lipinski definition) is 2. The Kier molecular flexibility index (Phi) is 4.99. The van der Waals surface area contributed by atoms with Crippen molar-refractivity contribution >= 4 is 5.97 Å². The van der Waals surface area contributed by atoms with E-state index in [1.807, 2.05) is 0 Å². The van der Waals surface area contributed by atoms with Gasteiger partial charge in [0, 0.05) is 12.6 Å². The van der Waals surface area contributed by atoms with Crippen molar-refractivity contribution in [2.24, 2.45) is 5.41 Å². The second kappa shape index (κ2) is 5.22. The lowest BCUT2D eigenvalue weighted by molar-refractivity contribution is -0.146. The summed E-state index contributed by atoms with van der Waals surface area (Å²) in [4.78, 5) is 10.8. The fraction of sp³-hybridized carbons (Fsp3) is 0.900. The van der Waals surface area contributed by atoms with Crippen LogP contribution in [0, 0.1) is 5.41 Å². The van der Waals surface area contributed by atoms with Crippen LogP contribution in [-0.2, 0) is 4.79 Å². The molecule has 2 N–H and O–H groups in total. The quantitative estimate of drug-likeness (QED) is 0.667. The van der Waals surface area contributed by atoms with Crippen molar-refractivity contribution in [3.8, 4) is 0 Å². The van der Waals surface area contributed by atoms with Gasteiger partial charge in [-0.25, -0.2) is 0 Å². The molecule has 0 saturated carbocycles. The van der Waals surface area contributed by atoms with Gasteiger partial charge < -0.3 is 10.4 Å². The topological polar surface area (TPSA) is 49.3 Å². The SMILES string of the molecule is CCC(CC)NCC(C)(C)C(=O)O. The van der Waals surface area contributed by atoms with Crippen molar-refractivity contribution in [1.29, 1.82) is 0 Å². The minimum absolute atomic E-state index is 0.443. The summed E-state index contributed by atoms with van der Waals surface area (Å²) in [6.07, 6.45) is 2.10. The lowest BCUT2D eigenvalue weighted by Gasteiger charge is -2.23. The van der Waals surface area contributed by atoms with E-state index in [0.29, 0.717) is 12.6 Å². The van der Waals surface area contributed by atoms with E-state index in [0.717, 1.165) is 12.8 Å². The normalized spacial score (nSPS) is 12.1. The average Bonchev–Trinajstić information content (AvgIpc) is 2.06. The van der Waals surface area contributed by atoms with Gasteiger partial charge >= 0.3 is 5.97 Å². The smallest absolute Gasteiger partial charge is 0.310 e. The summed E-state index contributed by atoms with van der Waals surface area (Å²) < 4.78 is 0. The molecule has 13 heavy (non-hydrogen) atoms. The molecule has 0 bridgehead atoms. The molecule has 0 fully saturated rings. The van der Waals surface area contributed by atoms with Gasteiger partial charge in [0.25, 0.3) is 0 Å². The molecule has 0 unspecified atom stereocenters. The van der Waals surface area contributed by atoms with E-state index >= 15 is 0 Å². The van der Waals surface area contributed by atoms with Crippen LogP contribution >= 0.6 is 0 Å². The monoisotopic (exact) mass is 187 g/mol. The predicted octanol–water partition coefficient (Wildman–Crippen LogP) is 1.88. The first-order valence-corrected chi connectivity index (χ1v) is 4.90. The van der Waals surface area contributed by atoms with Gasteiger partial charge in [0.2, 0.25) is 0 Å². The van der Waals surface area contributed by atoms with Crippen molar-refractivity contribution in [2.75, 3.05) is 6.54 Å². The van der Waals surface area contributed by atoms with Gasteiger partial charge in [0.1, 0.15) is 0 Å². The fourth-order valence-corrected chi connectivity index (χ4v) is 1.05. The number of nitrogens with one attached hydrogen (secondary N) is 1. The summed E-state index contributed by atoms with van der Waals surface area (Å²) in [5, 5.41) is 12.1. The molecule has 0 aromatic rings. The second-order valence-corrected chi connectivity index (χ2v) is 4.08. The summed E-state index contributed by atoms with van der Waals surface area (Å²) in [5.74, 6) is -0.744. The van der Waals surface area contributed by atoms with Crippen LogP contribution in [0.4, 0.5) is 0 Å². The third-order valence-electron chi connectivity index (χ3n) is 2.40. The molecule has 0 aromatic carbocycles. The number of carbonyl (C=O) groups is 1. The Balaban J connectivity index is 3.92. The van der Waals surface area contributed by atoms with E-state index in [2.05, 4.69) is 19.2 Å². The Morgan fingerprint density at radius 1 is 1.38 bits per heavy atom. The van der Waals surface area contributed by atoms with Crippen LogP contribution in [0.3, 0.4) is 0 Å². The van der Waals surface area contributed by atoms with Crippen LogP contribution in [-0.4, -0.2) is 23.7 Å². The van der Waals surface area contributed by atoms with E-state index in [4.69, 9.17) is 5.11 Å². The van der Waals surface area contributed by atoms with E-state index in [9.17, 15) is 4.79 Å². The van der Waals surface area contributed by atoms with Gasteiger partial charge in [-0.15, -0.1) is 0 Å². The van der Waals surface area contributed by atoms with E-state index in [1.54, 1.807) is 13.8 Å². The number of hydrogen-bond donors (Lipinski definition) is 2. The summed E-state index contributed by atoms with van der Waals surface area (Å²) in [5.41, 5.74) is -0.664. The first-order chi connectivity index (χ1) is 5.94. The van der Waals surface area contributed by atoms with E-state index in [1.165, 1.54) is 0 Å². The molecule has 0 aliphatic heterocycles. The van der Waals surface area contributed by atoms with E-state index in [-0.39, 0.29) is 0 Å². The Morgan fingerprint density at radius 3 is 2.15 bits per heavy atom. The Bertz CT molecular complexity index is 162. The molecule has 0 rings (SSSR count). The van der Waals surface area contributed by atoms with Crippen LogP contribution < -0.4 is 5.32 Å². The summed E-state index contributed by atoms with van der Waals surface area (Å²) in [7, 11) is 0. The highest BCUT2D eigenvalue weighted by molar-refractivity contribution is 5.73. The Morgan fingerprint density at radius 2 is 1.85 bits per heavy atom. The molecule has 0 aliphatic carbocycles. The molecule has 0 atom stereocenters. The largest absolute Gasteiger partial charge is 0.481 e. The maximum Gasteiger partial charge on any atom is 0.310 e. The van der Waals surface area contributed by atoms with Gasteiger partial charge in [-0.3, -0.25) is 4.79 Å². The van der Waals surface area contributed by atoms with Gasteiger partial charge in [-0.05, 0) is 26.7 Å². The first-order valence-electron chi connectivity index (χ1n) is 4.90. The average molecular weight is 187 g/mol. The van der Waals surface area contributed by atoms with Crippen molar-refractivity contribution in [1.82, 2.24) is 5.32 Å². The standard InChI is InChI=1S/C10H21NO2/c1-5-8(6-2)11-7-10(3,4)9(12)13/h8,11H,5-7H2,1-4H3,(H,12,13). The number of rotatable bonds is 6. The minimum atomic E-state index is -0.744. The molecule has 3 nitrogen and oxygen atoms in total. The highest BCUT2D eigenvalue weighted by atomic mass is 16.4. The van der Waals surface area contributed by atoms with Crippen LogP contribution in [0.1, 0.15) is 40.5 Å². The third kappa shape index (κ3) is 4.27. The zero-order valence-electron chi connectivity index (χ0n) is 9.05. The van der Waals surface area contributed by atoms with Gasteiger partial charge in [-0.2, -0.15) is 0 Å². The van der Waals surface area contributed by atoms with Gasteiger partial charge in [-0.1, -0.05) is 13.8 Å². The summed E-state index contributed by atoms with van der Waals surface area (Å²) in [6.45, 7) is 8.23. The van der Waals surface area contributed by atoms with Crippen molar-refractivity contribution in [3.05, 3.63) is 0 Å². The molecule has 3 heteroatoms. The number of aliphatic carboxylic acids is 1. The lowest BCUT2D eigenvalue weighted by atomic mass is 9.93. The molecule has 0 aromatic heterocycles. The fourth-order valence-electron chi connectivity index (χ4n) is 1.05. The number of carboxylic acids is 1. The van der Waals surface area contributed by atoms with Crippen LogP contribution in [0.15, 0.2) is 0 Å². The molecular formula is C10H21NO2. The molecular weight excluding hydrogens is 166 g/mol. The van der Waals surface area contributed by atoms with Crippen molar-refractivity contribution in [3.63, 3.8) is 0 Å². The first kappa shape index (κ1) is 12.4. The molecule has 78 valence electrons. The van der Waals surface area contributed by atoms with Crippen LogP contribution in [0.25, 0.3) is 0 Å². The zero-order valence-corrected chi connectivity index (χ0v) is 9.05. The summed E-state index contributed by atoms with van der Waals surface area (Å²) in [6, 6.07) is 0.443. The van der Waals surface area contributed by atoms with Gasteiger partial charge in [0.05, 0.1) is 5.41 Å². The maximum atomic E-state index is 10.8. The molecule has 0 aliphatic rings. The van der Waals surface area contributed by atoms with E-state index < -0.39 is 11.4 Å². The molecule has 0 saturated heterocycles. The highest BCUT2D eigenvalue weighted by Crippen LogP contribution is 2.14. The lowest BCUT2D eigenvalue weighted by Crippen LogP contribution is -2.40.